The Balaban J connectivity index is 1.35. The van der Waals surface area contributed by atoms with Gasteiger partial charge in [0.25, 0.3) is 0 Å². The van der Waals surface area contributed by atoms with E-state index < -0.39 is 9.04 Å². The molecule has 1 N–H and O–H groups in total. The minimum absolute atomic E-state index is 0.0331. The molecule has 2 atom stereocenters. The van der Waals surface area contributed by atoms with Crippen molar-refractivity contribution < 1.29 is 14.0 Å². The van der Waals surface area contributed by atoms with Crippen LogP contribution in [0.25, 0.3) is 0 Å². The Morgan fingerprint density at radius 3 is 2.13 bits per heavy atom. The summed E-state index contributed by atoms with van der Waals surface area (Å²) >= 11 is 0. The minimum Gasteiger partial charge on any atom is -0.457 e. The number of hydrogen-bond donors (Lipinski definition) is 1. The molecule has 5 rings (SSSR count). The lowest BCUT2D eigenvalue weighted by Gasteiger charge is -2.43. The fourth-order valence-electron chi connectivity index (χ4n) is 7.71. The third kappa shape index (κ3) is 8.29. The van der Waals surface area contributed by atoms with Crippen LogP contribution in [0.3, 0.4) is 0 Å². The van der Waals surface area contributed by atoms with Crippen LogP contribution in [-0.2, 0) is 15.6 Å². The van der Waals surface area contributed by atoms with Gasteiger partial charge in [0, 0.05) is 29.2 Å². The minimum atomic E-state index is -1.18. The first kappa shape index (κ1) is 33.5. The SMILES string of the molecule is CC(C)c1ccc(CCC(C(O[SiH](C)C)C2CCCCC2)C(C)(C)C)cc1NC(=O)CC1c2ccccc2Oc2ccccc21. The number of carbonyl (C=O) groups is 1. The summed E-state index contributed by atoms with van der Waals surface area (Å²) in [5, 5.41) is 3.36. The van der Waals surface area contributed by atoms with Gasteiger partial charge in [0.1, 0.15) is 11.5 Å². The third-order valence-corrected chi connectivity index (χ3v) is 10.9. The number of carbonyl (C=O) groups excluding carboxylic acids is 1. The van der Waals surface area contributed by atoms with Gasteiger partial charge in [-0.1, -0.05) is 102 Å². The second-order valence-electron chi connectivity index (χ2n) is 15.1. The quantitative estimate of drug-likeness (QED) is 0.216. The van der Waals surface area contributed by atoms with Crippen LogP contribution in [-0.4, -0.2) is 21.1 Å². The Labute approximate surface area is 274 Å². The van der Waals surface area contributed by atoms with E-state index in [1.165, 1.54) is 43.2 Å². The molecular formula is C40H55NO3Si. The van der Waals surface area contributed by atoms with E-state index in [9.17, 15) is 4.79 Å². The zero-order valence-electron chi connectivity index (χ0n) is 28.7. The Bertz CT molecular complexity index is 1390. The normalized spacial score (nSPS) is 17.0. The molecule has 0 bridgehead atoms. The van der Waals surface area contributed by atoms with Gasteiger partial charge in [0.2, 0.25) is 5.91 Å². The number of ether oxygens (including phenoxy) is 1. The van der Waals surface area contributed by atoms with Gasteiger partial charge in [0.05, 0.1) is 6.10 Å². The van der Waals surface area contributed by atoms with Gasteiger partial charge in [-0.2, -0.15) is 0 Å². The second-order valence-corrected chi connectivity index (χ2v) is 17.5. The predicted octanol–water partition coefficient (Wildman–Crippen LogP) is 10.6. The molecule has 45 heavy (non-hydrogen) atoms. The van der Waals surface area contributed by atoms with Crippen LogP contribution in [0, 0.1) is 17.3 Å². The molecule has 1 aliphatic heterocycles. The highest BCUT2D eigenvalue weighted by Gasteiger charge is 2.38. The number of aryl methyl sites for hydroxylation is 1. The Morgan fingerprint density at radius 2 is 1.56 bits per heavy atom. The topological polar surface area (TPSA) is 47.6 Å². The molecule has 5 heteroatoms. The predicted molar refractivity (Wildman–Crippen MR) is 190 cm³/mol. The number of amides is 1. The van der Waals surface area contributed by atoms with Gasteiger partial charge < -0.3 is 14.5 Å². The highest BCUT2D eigenvalue weighted by Crippen LogP contribution is 2.46. The van der Waals surface area contributed by atoms with Crippen LogP contribution < -0.4 is 10.1 Å². The van der Waals surface area contributed by atoms with Crippen LogP contribution in [0.15, 0.2) is 66.7 Å². The molecule has 1 heterocycles. The number of nitrogens with one attached hydrogen (secondary N) is 1. The maximum absolute atomic E-state index is 13.8. The number of anilines is 1. The van der Waals surface area contributed by atoms with Crippen LogP contribution >= 0.6 is 0 Å². The van der Waals surface area contributed by atoms with Crippen molar-refractivity contribution in [2.75, 3.05) is 5.32 Å². The average molecular weight is 626 g/mol. The summed E-state index contributed by atoms with van der Waals surface area (Å²) in [6, 6.07) is 22.9. The Hall–Kier alpha value is -2.89. The fourth-order valence-corrected chi connectivity index (χ4v) is 8.75. The van der Waals surface area contributed by atoms with Crippen molar-refractivity contribution in [2.24, 2.45) is 17.3 Å². The molecule has 1 aliphatic carbocycles. The molecule has 0 saturated heterocycles. The van der Waals surface area contributed by atoms with Crippen LogP contribution in [0.1, 0.15) is 114 Å². The lowest BCUT2D eigenvalue weighted by atomic mass is 9.69. The lowest BCUT2D eigenvalue weighted by Crippen LogP contribution is -2.42. The summed E-state index contributed by atoms with van der Waals surface area (Å²) in [6.45, 7) is 16.3. The zero-order chi connectivity index (χ0) is 32.1. The Kier molecular flexibility index (Phi) is 10.9. The van der Waals surface area contributed by atoms with E-state index >= 15 is 0 Å². The first-order valence-electron chi connectivity index (χ1n) is 17.4. The van der Waals surface area contributed by atoms with Gasteiger partial charge in [-0.3, -0.25) is 4.79 Å². The Morgan fingerprint density at radius 1 is 0.933 bits per heavy atom. The van der Waals surface area contributed by atoms with E-state index in [-0.39, 0.29) is 17.2 Å². The summed E-state index contributed by atoms with van der Waals surface area (Å²) in [4.78, 5) is 13.8. The van der Waals surface area contributed by atoms with Gasteiger partial charge in [-0.15, -0.1) is 0 Å². The van der Waals surface area contributed by atoms with Crippen molar-refractivity contribution >= 4 is 20.6 Å². The van der Waals surface area contributed by atoms with Crippen molar-refractivity contribution in [3.05, 3.63) is 89.0 Å². The lowest BCUT2D eigenvalue weighted by molar-refractivity contribution is -0.116. The molecule has 242 valence electrons. The highest BCUT2D eigenvalue weighted by atomic mass is 28.3. The van der Waals surface area contributed by atoms with Crippen LogP contribution in [0.5, 0.6) is 11.5 Å². The van der Waals surface area contributed by atoms with Crippen molar-refractivity contribution in [1.29, 1.82) is 0 Å². The molecule has 0 spiro atoms. The second kappa shape index (κ2) is 14.7. The van der Waals surface area contributed by atoms with E-state index in [0.29, 0.717) is 30.3 Å². The number of fused-ring (bicyclic) bond motifs is 2. The summed E-state index contributed by atoms with van der Waals surface area (Å²) < 4.78 is 13.1. The van der Waals surface area contributed by atoms with Crippen molar-refractivity contribution in [3.8, 4) is 11.5 Å². The molecule has 3 aromatic carbocycles. The van der Waals surface area contributed by atoms with Crippen molar-refractivity contribution in [3.63, 3.8) is 0 Å². The number of hydrogen-bond acceptors (Lipinski definition) is 3. The molecule has 1 saturated carbocycles. The molecule has 1 fully saturated rings. The number of benzene rings is 3. The molecule has 2 unspecified atom stereocenters. The van der Waals surface area contributed by atoms with E-state index in [1.54, 1.807) is 0 Å². The molecule has 4 nitrogen and oxygen atoms in total. The van der Waals surface area contributed by atoms with Gasteiger partial charge in [0.15, 0.2) is 9.04 Å². The largest absolute Gasteiger partial charge is 0.457 e. The maximum Gasteiger partial charge on any atom is 0.225 e. The van der Waals surface area contributed by atoms with E-state index in [1.807, 2.05) is 36.4 Å². The van der Waals surface area contributed by atoms with E-state index in [2.05, 4.69) is 83.4 Å². The molecule has 2 aliphatic rings. The average Bonchev–Trinajstić information content (AvgIpc) is 3.00. The molecule has 3 aromatic rings. The summed E-state index contributed by atoms with van der Waals surface area (Å²) in [5.74, 6) is 3.13. The van der Waals surface area contributed by atoms with Crippen molar-refractivity contribution in [1.82, 2.24) is 0 Å². The monoisotopic (exact) mass is 625 g/mol. The number of rotatable bonds is 11. The zero-order valence-corrected chi connectivity index (χ0v) is 29.9. The van der Waals surface area contributed by atoms with Gasteiger partial charge in [-0.05, 0) is 91.3 Å². The van der Waals surface area contributed by atoms with Gasteiger partial charge in [-0.25, -0.2) is 0 Å². The van der Waals surface area contributed by atoms with E-state index in [4.69, 9.17) is 9.16 Å². The third-order valence-electron chi connectivity index (χ3n) is 10.0. The smallest absolute Gasteiger partial charge is 0.225 e. The standard InChI is InChI=1S/C40H55NO3Si/c1-27(2)30-23-21-28(22-24-34(40(3,4)5)39(44-45(6)7)29-15-9-8-10-16-29)25-35(30)41-38(42)26-33-31-17-11-13-19-36(31)43-37-20-14-12-18-32(33)37/h11-14,17-21,23,25,27,29,33-34,39,45H,8-10,15-16,22,24,26H2,1-7H3,(H,41,42). The summed E-state index contributed by atoms with van der Waals surface area (Å²) in [6.07, 6.45) is 9.44. The fraction of sp³-hybridized carbons (Fsp3) is 0.525. The highest BCUT2D eigenvalue weighted by molar-refractivity contribution is 6.48. The van der Waals surface area contributed by atoms with Crippen LogP contribution in [0.4, 0.5) is 5.69 Å². The maximum atomic E-state index is 13.8. The van der Waals surface area contributed by atoms with Crippen LogP contribution in [0.2, 0.25) is 13.1 Å². The molecule has 0 radical (unpaired) electrons. The summed E-state index contributed by atoms with van der Waals surface area (Å²) in [5.41, 5.74) is 5.71. The first-order valence-corrected chi connectivity index (χ1v) is 20.2. The first-order chi connectivity index (χ1) is 21.5. The van der Waals surface area contributed by atoms with Crippen molar-refractivity contribution in [2.45, 2.75) is 117 Å². The molecular weight excluding hydrogens is 571 g/mol. The molecule has 1 amide bonds. The number of para-hydroxylation sites is 2. The van der Waals surface area contributed by atoms with E-state index in [0.717, 1.165) is 41.2 Å². The molecule has 0 aromatic heterocycles. The van der Waals surface area contributed by atoms with Gasteiger partial charge >= 0.3 is 0 Å². The summed E-state index contributed by atoms with van der Waals surface area (Å²) in [7, 11) is -1.18.